The molecule has 1 heterocycles. The third-order valence-electron chi connectivity index (χ3n) is 5.35. The van der Waals surface area contributed by atoms with Crippen molar-refractivity contribution in [2.24, 2.45) is 11.8 Å². The maximum absolute atomic E-state index is 11.4. The fourth-order valence-corrected chi connectivity index (χ4v) is 6.00. The summed E-state index contributed by atoms with van der Waals surface area (Å²) < 4.78 is 0. The minimum Gasteiger partial charge on any atom is -0.492 e. The average molecular weight is 460 g/mol. The lowest BCUT2D eigenvalue weighted by Crippen LogP contribution is -2.23. The lowest BCUT2D eigenvalue weighted by Gasteiger charge is -2.18. The first-order chi connectivity index (χ1) is 13.3. The van der Waals surface area contributed by atoms with E-state index in [4.69, 9.17) is 34.8 Å². The molecule has 9 heteroatoms. The molecule has 2 aliphatic rings. The Morgan fingerprint density at radius 2 is 2.00 bits per heavy atom. The van der Waals surface area contributed by atoms with Crippen molar-refractivity contribution in [3.05, 3.63) is 49.3 Å². The van der Waals surface area contributed by atoms with E-state index in [0.717, 1.165) is 6.42 Å². The van der Waals surface area contributed by atoms with Gasteiger partial charge in [-0.05, 0) is 49.1 Å². The highest BCUT2D eigenvalue weighted by Crippen LogP contribution is 2.42. The second-order valence-electron chi connectivity index (χ2n) is 7.11. The number of nitrogens with one attached hydrogen (secondary N) is 1. The highest BCUT2D eigenvalue weighted by atomic mass is 35.5. The number of thiazole rings is 1. The fourth-order valence-electron chi connectivity index (χ4n) is 3.97. The number of aryl methyl sites for hydroxylation is 1. The summed E-state index contributed by atoms with van der Waals surface area (Å²) in [7, 11) is 0. The number of hydrogen-bond acceptors (Lipinski definition) is 5. The van der Waals surface area contributed by atoms with Crippen LogP contribution in [-0.4, -0.2) is 27.2 Å². The molecule has 0 amide bonds. The summed E-state index contributed by atoms with van der Waals surface area (Å²) in [6, 6.07) is 1.74. The Morgan fingerprint density at radius 3 is 2.64 bits per heavy atom. The zero-order valence-electron chi connectivity index (χ0n) is 14.6. The maximum atomic E-state index is 11.4. The van der Waals surface area contributed by atoms with Crippen molar-refractivity contribution in [2.75, 3.05) is 5.32 Å². The van der Waals surface area contributed by atoms with Gasteiger partial charge < -0.3 is 15.5 Å². The van der Waals surface area contributed by atoms with Crippen LogP contribution in [0.25, 0.3) is 0 Å². The minimum atomic E-state index is -1.21. The van der Waals surface area contributed by atoms with Crippen LogP contribution in [0.1, 0.15) is 33.6 Å². The zero-order chi connectivity index (χ0) is 20.0. The molecule has 2 bridgehead atoms. The monoisotopic (exact) mass is 458 g/mol. The van der Waals surface area contributed by atoms with E-state index in [0.29, 0.717) is 51.3 Å². The van der Waals surface area contributed by atoms with Crippen LogP contribution in [0.4, 0.5) is 5.13 Å². The summed E-state index contributed by atoms with van der Waals surface area (Å²) in [6.45, 7) is 0. The molecule has 5 nitrogen and oxygen atoms in total. The topological polar surface area (TPSA) is 82.5 Å². The molecule has 3 atom stereocenters. The van der Waals surface area contributed by atoms with Crippen molar-refractivity contribution in [2.45, 2.75) is 31.7 Å². The minimum absolute atomic E-state index is 0.00159. The standard InChI is InChI=1S/C19H17Cl3N2O3S/c20-11-7-12(21)15(18(26)27)16(22)10(11)3-4-14-17(25)24-19(28-14)23-13-6-8-1-2-9(13)5-8/h1-2,7-9,13,25H,3-6H2,(H,23,24)(H,26,27). The summed E-state index contributed by atoms with van der Waals surface area (Å²) in [5, 5.41) is 24.0. The number of aromatic carboxylic acids is 1. The van der Waals surface area contributed by atoms with E-state index in [2.05, 4.69) is 22.5 Å². The molecule has 1 fully saturated rings. The predicted molar refractivity (Wildman–Crippen MR) is 112 cm³/mol. The molecule has 3 unspecified atom stereocenters. The summed E-state index contributed by atoms with van der Waals surface area (Å²) in [5.41, 5.74) is 0.327. The van der Waals surface area contributed by atoms with Gasteiger partial charge in [0.1, 0.15) is 0 Å². The molecule has 28 heavy (non-hydrogen) atoms. The van der Waals surface area contributed by atoms with Gasteiger partial charge in [0.15, 0.2) is 5.13 Å². The number of benzene rings is 1. The lowest BCUT2D eigenvalue weighted by molar-refractivity contribution is 0.0697. The molecule has 1 aromatic carbocycles. The van der Waals surface area contributed by atoms with Gasteiger partial charge in [-0.1, -0.05) is 58.3 Å². The van der Waals surface area contributed by atoms with Gasteiger partial charge in [-0.3, -0.25) is 0 Å². The molecule has 4 rings (SSSR count). The Kier molecular flexibility index (Phi) is 5.49. The van der Waals surface area contributed by atoms with Gasteiger partial charge in [0.2, 0.25) is 5.88 Å². The van der Waals surface area contributed by atoms with Crippen LogP contribution in [0, 0.1) is 11.8 Å². The molecule has 0 saturated heterocycles. The van der Waals surface area contributed by atoms with Gasteiger partial charge in [-0.25, -0.2) is 4.79 Å². The summed E-state index contributed by atoms with van der Waals surface area (Å²) in [5.74, 6) is -0.0559. The number of carbonyl (C=O) groups is 1. The number of rotatable bonds is 6. The van der Waals surface area contributed by atoms with E-state index >= 15 is 0 Å². The van der Waals surface area contributed by atoms with Crippen molar-refractivity contribution < 1.29 is 15.0 Å². The predicted octanol–water partition coefficient (Wildman–Crippen LogP) is 5.67. The van der Waals surface area contributed by atoms with Crippen molar-refractivity contribution >= 4 is 57.2 Å². The highest BCUT2D eigenvalue weighted by molar-refractivity contribution is 7.15. The first-order valence-electron chi connectivity index (χ1n) is 8.86. The Bertz CT molecular complexity index is 976. The fraction of sp³-hybridized carbons (Fsp3) is 0.368. The van der Waals surface area contributed by atoms with Crippen LogP contribution < -0.4 is 5.32 Å². The summed E-state index contributed by atoms with van der Waals surface area (Å²) >= 11 is 19.8. The Hall–Kier alpha value is -1.47. The second kappa shape index (κ2) is 7.75. The Morgan fingerprint density at radius 1 is 1.21 bits per heavy atom. The van der Waals surface area contributed by atoms with Gasteiger partial charge in [-0.15, -0.1) is 0 Å². The molecule has 2 aliphatic carbocycles. The third-order valence-corrected chi connectivity index (χ3v) is 7.43. The SMILES string of the molecule is O=C(O)c1c(Cl)cc(Cl)c(CCc2sc(NC3CC4C=CC3C4)nc2O)c1Cl. The first-order valence-corrected chi connectivity index (χ1v) is 10.8. The van der Waals surface area contributed by atoms with E-state index in [1.54, 1.807) is 0 Å². The molecule has 3 N–H and O–H groups in total. The van der Waals surface area contributed by atoms with Crippen molar-refractivity contribution in [1.82, 2.24) is 4.98 Å². The van der Waals surface area contributed by atoms with Crippen molar-refractivity contribution in [1.29, 1.82) is 0 Å². The molecule has 0 radical (unpaired) electrons. The largest absolute Gasteiger partial charge is 0.492 e. The highest BCUT2D eigenvalue weighted by Gasteiger charge is 2.36. The number of aromatic hydroxyl groups is 1. The Labute approximate surface area is 181 Å². The van der Waals surface area contributed by atoms with Crippen molar-refractivity contribution in [3.8, 4) is 5.88 Å². The normalized spacial score (nSPS) is 22.8. The number of fused-ring (bicyclic) bond motifs is 2. The second-order valence-corrected chi connectivity index (χ2v) is 9.39. The van der Waals surface area contributed by atoms with E-state index in [1.165, 1.54) is 23.8 Å². The van der Waals surface area contributed by atoms with E-state index in [1.807, 2.05) is 0 Å². The molecule has 1 saturated carbocycles. The van der Waals surface area contributed by atoms with Gasteiger partial charge in [0.05, 0.1) is 20.5 Å². The molecular weight excluding hydrogens is 443 g/mol. The van der Waals surface area contributed by atoms with E-state index in [-0.39, 0.29) is 21.5 Å². The molecule has 1 aromatic heterocycles. The smallest absolute Gasteiger partial charge is 0.338 e. The number of halogens is 3. The van der Waals surface area contributed by atoms with Gasteiger partial charge in [0.25, 0.3) is 0 Å². The van der Waals surface area contributed by atoms with E-state index < -0.39 is 5.97 Å². The van der Waals surface area contributed by atoms with E-state index in [9.17, 15) is 15.0 Å². The van der Waals surface area contributed by atoms with Crippen LogP contribution in [0.2, 0.25) is 15.1 Å². The van der Waals surface area contributed by atoms with Crippen LogP contribution in [0.5, 0.6) is 5.88 Å². The molecule has 0 spiro atoms. The molecule has 0 aliphatic heterocycles. The third kappa shape index (κ3) is 3.71. The number of carboxylic acid groups (broad SMARTS) is 1. The number of aromatic nitrogens is 1. The van der Waals surface area contributed by atoms with Gasteiger partial charge >= 0.3 is 5.97 Å². The molecule has 148 valence electrons. The number of anilines is 1. The summed E-state index contributed by atoms with van der Waals surface area (Å²) in [4.78, 5) is 16.3. The van der Waals surface area contributed by atoms with Crippen LogP contribution >= 0.6 is 46.1 Å². The van der Waals surface area contributed by atoms with Crippen LogP contribution in [0.3, 0.4) is 0 Å². The quantitative estimate of drug-likeness (QED) is 0.485. The maximum Gasteiger partial charge on any atom is 0.338 e. The molecule has 2 aromatic rings. The summed E-state index contributed by atoms with van der Waals surface area (Å²) in [6.07, 6.45) is 7.60. The van der Waals surface area contributed by atoms with Gasteiger partial charge in [-0.2, -0.15) is 4.98 Å². The van der Waals surface area contributed by atoms with Crippen LogP contribution in [0.15, 0.2) is 18.2 Å². The lowest BCUT2D eigenvalue weighted by atomic mass is 10.0. The Balaban J connectivity index is 1.48. The number of carboxylic acids is 1. The average Bonchev–Trinajstić information content (AvgIpc) is 3.30. The van der Waals surface area contributed by atoms with Gasteiger partial charge in [0, 0.05) is 11.1 Å². The number of allylic oxidation sites excluding steroid dienone is 1. The number of nitrogens with zero attached hydrogens (tertiary/aromatic N) is 1. The zero-order valence-corrected chi connectivity index (χ0v) is 17.7. The number of hydrogen-bond donors (Lipinski definition) is 3. The van der Waals surface area contributed by atoms with Crippen molar-refractivity contribution in [3.63, 3.8) is 0 Å². The van der Waals surface area contributed by atoms with Crippen LogP contribution in [-0.2, 0) is 12.8 Å². The molecular formula is C19H17Cl3N2O3S. The first kappa shape index (κ1) is 19.8.